The summed E-state index contributed by atoms with van der Waals surface area (Å²) in [5, 5.41) is 4.61. The van der Waals surface area contributed by atoms with Gasteiger partial charge in [0.2, 0.25) is 11.8 Å². The fourth-order valence-corrected chi connectivity index (χ4v) is 8.14. The molecule has 46 heavy (non-hydrogen) atoms. The molecule has 4 saturated heterocycles. The van der Waals surface area contributed by atoms with Gasteiger partial charge in [0.05, 0.1) is 55.4 Å². The number of fused-ring (bicyclic) bond motifs is 5. The van der Waals surface area contributed by atoms with Crippen LogP contribution in [0.4, 0.5) is 11.4 Å². The van der Waals surface area contributed by atoms with Gasteiger partial charge in [0.25, 0.3) is 11.8 Å². The molecule has 230 valence electrons. The third-order valence-corrected chi connectivity index (χ3v) is 10.8. The minimum atomic E-state index is -0.998. The summed E-state index contributed by atoms with van der Waals surface area (Å²) in [6.07, 6.45) is 0. The van der Waals surface area contributed by atoms with Crippen LogP contribution in [-0.4, -0.2) is 45.7 Å². The van der Waals surface area contributed by atoms with E-state index in [9.17, 15) is 19.2 Å². The molecule has 0 unspecified atom stereocenters. The first-order chi connectivity index (χ1) is 22.2. The number of benzene rings is 4. The number of hydrogen-bond acceptors (Lipinski definition) is 6. The van der Waals surface area contributed by atoms with Crippen LogP contribution in [0.2, 0.25) is 20.1 Å². The third-order valence-electron chi connectivity index (χ3n) is 9.33. The van der Waals surface area contributed by atoms with Crippen molar-refractivity contribution in [1.82, 2.24) is 10.0 Å². The summed E-state index contributed by atoms with van der Waals surface area (Å²) >= 11 is 24.9. The molecular formula is C34H22Cl4N4O4. The first-order valence-electron chi connectivity index (χ1n) is 14.5. The number of nitrogens with zero attached hydrogens (tertiary/aromatic N) is 4. The Kier molecular flexibility index (Phi) is 7.03. The summed E-state index contributed by atoms with van der Waals surface area (Å²) in [5.41, 5.74) is 2.06. The zero-order chi connectivity index (χ0) is 32.0. The summed E-state index contributed by atoms with van der Waals surface area (Å²) in [5.74, 6) is -3.59. The van der Waals surface area contributed by atoms with Crippen molar-refractivity contribution in [3.05, 3.63) is 128 Å². The number of amides is 4. The predicted octanol–water partition coefficient (Wildman–Crippen LogP) is 6.75. The minimum absolute atomic E-state index is 0.203. The van der Waals surface area contributed by atoms with Crippen LogP contribution in [0.1, 0.15) is 23.2 Å². The first kappa shape index (κ1) is 29.6. The summed E-state index contributed by atoms with van der Waals surface area (Å²) < 4.78 is 0. The maximum atomic E-state index is 14.5. The topological polar surface area (TPSA) is 81.2 Å². The number of halogens is 4. The molecule has 4 aromatic rings. The largest absolute Gasteiger partial charge is 0.274 e. The number of imide groups is 2. The summed E-state index contributed by atoms with van der Waals surface area (Å²) in [6.45, 7) is 0. The molecule has 0 saturated carbocycles. The molecule has 8 nitrogen and oxygen atoms in total. The minimum Gasteiger partial charge on any atom is -0.274 e. The number of hydrazine groups is 1. The number of carbonyl (C=O) groups is 4. The van der Waals surface area contributed by atoms with Crippen molar-refractivity contribution in [2.75, 3.05) is 9.80 Å². The van der Waals surface area contributed by atoms with Crippen LogP contribution in [0.3, 0.4) is 0 Å². The lowest BCUT2D eigenvalue weighted by Gasteiger charge is -2.35. The fourth-order valence-electron chi connectivity index (χ4n) is 7.56. The monoisotopic (exact) mass is 690 g/mol. The van der Waals surface area contributed by atoms with Crippen molar-refractivity contribution in [2.24, 2.45) is 11.8 Å². The molecule has 0 spiro atoms. The van der Waals surface area contributed by atoms with Gasteiger partial charge in [0, 0.05) is 0 Å². The number of anilines is 2. The SMILES string of the molecule is O=C1[C@@H]2[C@@H](C(=O)N1c1ccc(Cl)c(Cl)c1)N1[C@H](c3ccccc3)[C@@H]3C(=O)N(c4ccc(Cl)c(Cl)c4)C(=O)[C@@H]3N1[C@@H]2c1ccccc1. The quantitative estimate of drug-likeness (QED) is 0.221. The van der Waals surface area contributed by atoms with Gasteiger partial charge in [-0.15, -0.1) is 0 Å². The van der Waals surface area contributed by atoms with Gasteiger partial charge in [-0.05, 0) is 47.5 Å². The molecule has 4 aromatic carbocycles. The first-order valence-corrected chi connectivity index (χ1v) is 16.0. The summed E-state index contributed by atoms with van der Waals surface area (Å²) in [6, 6.07) is 24.3. The van der Waals surface area contributed by atoms with E-state index >= 15 is 0 Å². The van der Waals surface area contributed by atoms with Crippen LogP contribution < -0.4 is 9.80 Å². The Balaban J connectivity index is 1.32. The van der Waals surface area contributed by atoms with Crippen molar-refractivity contribution in [3.63, 3.8) is 0 Å². The van der Waals surface area contributed by atoms with E-state index in [4.69, 9.17) is 46.4 Å². The second-order valence-electron chi connectivity index (χ2n) is 11.6. The van der Waals surface area contributed by atoms with Crippen molar-refractivity contribution in [2.45, 2.75) is 24.2 Å². The van der Waals surface area contributed by atoms with Crippen molar-refractivity contribution in [3.8, 4) is 0 Å². The molecule has 6 atom stereocenters. The van der Waals surface area contributed by atoms with Gasteiger partial charge in [-0.25, -0.2) is 19.8 Å². The molecule has 4 fully saturated rings. The number of carbonyl (C=O) groups excluding carboxylic acids is 4. The highest BCUT2D eigenvalue weighted by Crippen LogP contribution is 2.59. The van der Waals surface area contributed by atoms with E-state index in [1.54, 1.807) is 12.1 Å². The van der Waals surface area contributed by atoms with Crippen LogP contribution in [0.5, 0.6) is 0 Å². The maximum Gasteiger partial charge on any atom is 0.253 e. The fraction of sp³-hybridized carbons (Fsp3) is 0.176. The molecule has 12 heteroatoms. The van der Waals surface area contributed by atoms with Crippen LogP contribution >= 0.6 is 46.4 Å². The lowest BCUT2D eigenvalue weighted by atomic mass is 9.84. The van der Waals surface area contributed by atoms with Gasteiger partial charge in [0.15, 0.2) is 0 Å². The Bertz CT molecular complexity index is 1820. The Morgan fingerprint density at radius 2 is 0.783 bits per heavy atom. The normalized spacial score (nSPS) is 27.5. The number of rotatable bonds is 4. The predicted molar refractivity (Wildman–Crippen MR) is 175 cm³/mol. The Hall–Kier alpha value is -3.76. The lowest BCUT2D eigenvalue weighted by molar-refractivity contribution is -0.136. The van der Waals surface area contributed by atoms with Gasteiger partial charge >= 0.3 is 0 Å². The Morgan fingerprint density at radius 1 is 0.413 bits per heavy atom. The average molecular weight is 692 g/mol. The van der Waals surface area contributed by atoms with Gasteiger partial charge < -0.3 is 0 Å². The Labute approximate surface area is 283 Å². The molecule has 4 heterocycles. The Morgan fingerprint density at radius 3 is 1.13 bits per heavy atom. The second-order valence-corrected chi connectivity index (χ2v) is 13.3. The second kappa shape index (κ2) is 10.9. The van der Waals surface area contributed by atoms with E-state index in [0.717, 1.165) is 20.9 Å². The lowest BCUT2D eigenvalue weighted by Crippen LogP contribution is -2.50. The summed E-state index contributed by atoms with van der Waals surface area (Å²) in [7, 11) is 0. The standard InChI is InChI=1S/C34H22Cl4N4O4/c35-21-13-11-19(15-23(21)37)39-31(43)25-27(17-7-3-1-4-8-17)41-30-26(28(18-9-5-2-6-10-18)42(41)29(25)33(39)45)32(44)40(34(30)46)20-12-14-22(36)24(38)16-20/h1-16,25-30H/t25-,26-,27+,28+,29-,30+/m0/s1. The molecule has 4 aliphatic heterocycles. The molecule has 8 rings (SSSR count). The zero-order valence-corrected chi connectivity index (χ0v) is 26.7. The van der Waals surface area contributed by atoms with Crippen molar-refractivity contribution < 1.29 is 19.2 Å². The van der Waals surface area contributed by atoms with Crippen LogP contribution in [0, 0.1) is 11.8 Å². The highest BCUT2D eigenvalue weighted by molar-refractivity contribution is 6.43. The van der Waals surface area contributed by atoms with E-state index in [0.29, 0.717) is 11.4 Å². The van der Waals surface area contributed by atoms with Gasteiger partial charge in [-0.1, -0.05) is 107 Å². The van der Waals surface area contributed by atoms with E-state index in [1.165, 1.54) is 24.3 Å². The molecule has 0 aliphatic carbocycles. The highest BCUT2D eigenvalue weighted by atomic mass is 35.5. The smallest absolute Gasteiger partial charge is 0.253 e. The highest BCUT2D eigenvalue weighted by Gasteiger charge is 2.73. The van der Waals surface area contributed by atoms with E-state index in [-0.39, 0.29) is 20.1 Å². The van der Waals surface area contributed by atoms with Crippen molar-refractivity contribution >= 4 is 81.4 Å². The molecule has 0 aromatic heterocycles. The summed E-state index contributed by atoms with van der Waals surface area (Å²) in [4.78, 5) is 60.1. The van der Waals surface area contributed by atoms with E-state index in [1.807, 2.05) is 70.7 Å². The van der Waals surface area contributed by atoms with Crippen LogP contribution in [0.15, 0.2) is 97.1 Å². The molecule has 0 N–H and O–H groups in total. The van der Waals surface area contributed by atoms with Crippen molar-refractivity contribution in [1.29, 1.82) is 0 Å². The van der Waals surface area contributed by atoms with Crippen LogP contribution in [0.25, 0.3) is 0 Å². The van der Waals surface area contributed by atoms with Gasteiger partial charge in [-0.2, -0.15) is 0 Å². The molecule has 4 amide bonds. The zero-order valence-electron chi connectivity index (χ0n) is 23.6. The van der Waals surface area contributed by atoms with Gasteiger partial charge in [0.1, 0.15) is 12.1 Å². The van der Waals surface area contributed by atoms with Gasteiger partial charge in [-0.3, -0.25) is 19.2 Å². The average Bonchev–Trinajstić information content (AvgIpc) is 3.72. The molecular weight excluding hydrogens is 670 g/mol. The maximum absolute atomic E-state index is 14.5. The molecule has 0 bridgehead atoms. The number of hydrogen-bond donors (Lipinski definition) is 0. The third kappa shape index (κ3) is 4.15. The van der Waals surface area contributed by atoms with E-state index in [2.05, 4.69) is 0 Å². The molecule has 0 radical (unpaired) electrons. The van der Waals surface area contributed by atoms with Crippen LogP contribution in [-0.2, 0) is 19.2 Å². The molecule has 4 aliphatic rings. The van der Waals surface area contributed by atoms with E-state index < -0.39 is 59.6 Å².